The number of Topliss-reactive ketones (excluding diaryl/α,β-unsaturated/α-hetero) is 1. The smallest absolute Gasteiger partial charge is 0.269 e. The molecule has 7 heteroatoms. The van der Waals surface area contributed by atoms with Crippen molar-refractivity contribution in [3.63, 3.8) is 0 Å². The first-order chi connectivity index (χ1) is 10.7. The molecule has 1 amide bonds. The van der Waals surface area contributed by atoms with Gasteiger partial charge in [0.15, 0.2) is 11.5 Å². The molecule has 1 aromatic carbocycles. The minimum absolute atomic E-state index is 0.0708. The Bertz CT molecular complexity index is 747. The molecule has 2 aromatic rings. The lowest BCUT2D eigenvalue weighted by atomic mass is 9.91. The Hall–Kier alpha value is -2.70. The maximum atomic E-state index is 14.0. The second kappa shape index (κ2) is 6.20. The zero-order valence-corrected chi connectivity index (χ0v) is 13.2. The first-order valence-corrected chi connectivity index (χ1v) is 7.01. The van der Waals surface area contributed by atoms with Crippen molar-refractivity contribution < 1.29 is 18.7 Å². The fraction of sp³-hybridized carbons (Fsp3) is 0.312. The number of carbonyl (C=O) groups is 2. The van der Waals surface area contributed by atoms with Crippen molar-refractivity contribution in [2.45, 2.75) is 20.8 Å². The topological polar surface area (TPSA) is 87.2 Å². The normalized spacial score (nSPS) is 11.3. The molecular weight excluding hydrogens is 301 g/mol. The molecule has 0 atom stereocenters. The Morgan fingerprint density at radius 3 is 2.52 bits per heavy atom. The number of benzene rings is 1. The average molecular weight is 319 g/mol. The molecule has 2 rings (SSSR count). The van der Waals surface area contributed by atoms with E-state index >= 15 is 0 Å². The molecule has 6 nitrogen and oxygen atoms in total. The molecule has 0 bridgehead atoms. The maximum absolute atomic E-state index is 14.0. The molecule has 2 N–H and O–H groups in total. The van der Waals surface area contributed by atoms with Crippen molar-refractivity contribution >= 4 is 11.7 Å². The molecule has 0 radical (unpaired) electrons. The third-order valence-corrected chi connectivity index (χ3v) is 3.20. The monoisotopic (exact) mass is 319 g/mol. The lowest BCUT2D eigenvalue weighted by Crippen LogP contribution is -2.26. The standard InChI is InChI=1S/C16H18FN3O3/c1-16(2,3)13(21)9-23-14-8-11(15(18)22)19-20(14)12-7-5-4-6-10(12)17/h4-8H,9H2,1-3H3,(H2,18,22). The van der Waals surface area contributed by atoms with Gasteiger partial charge in [0, 0.05) is 11.5 Å². The van der Waals surface area contributed by atoms with Crippen LogP contribution in [0.3, 0.4) is 0 Å². The van der Waals surface area contributed by atoms with Crippen LogP contribution in [0.2, 0.25) is 0 Å². The number of halogens is 1. The highest BCUT2D eigenvalue weighted by atomic mass is 19.1. The van der Waals surface area contributed by atoms with Gasteiger partial charge in [0.2, 0.25) is 5.88 Å². The fourth-order valence-corrected chi connectivity index (χ4v) is 1.74. The number of hydrogen-bond donors (Lipinski definition) is 1. The van der Waals surface area contributed by atoms with Crippen LogP contribution < -0.4 is 10.5 Å². The third kappa shape index (κ3) is 3.74. The summed E-state index contributed by atoms with van der Waals surface area (Å²) < 4.78 is 20.5. The molecule has 0 spiro atoms. The van der Waals surface area contributed by atoms with Crippen molar-refractivity contribution in [1.29, 1.82) is 0 Å². The van der Waals surface area contributed by atoms with Crippen LogP contribution in [0.5, 0.6) is 5.88 Å². The Kier molecular flexibility index (Phi) is 4.49. The number of ether oxygens (including phenoxy) is 1. The Morgan fingerprint density at radius 1 is 1.30 bits per heavy atom. The largest absolute Gasteiger partial charge is 0.470 e. The van der Waals surface area contributed by atoms with E-state index in [2.05, 4.69) is 5.10 Å². The van der Waals surface area contributed by atoms with Crippen LogP contribution >= 0.6 is 0 Å². The zero-order valence-electron chi connectivity index (χ0n) is 13.2. The van der Waals surface area contributed by atoms with Gasteiger partial charge in [-0.1, -0.05) is 32.9 Å². The summed E-state index contributed by atoms with van der Waals surface area (Å²) in [5.74, 6) is -1.38. The van der Waals surface area contributed by atoms with Gasteiger partial charge in [0.05, 0.1) is 0 Å². The van der Waals surface area contributed by atoms with E-state index in [1.165, 1.54) is 24.3 Å². The third-order valence-electron chi connectivity index (χ3n) is 3.20. The summed E-state index contributed by atoms with van der Waals surface area (Å²) in [6.45, 7) is 5.08. The SMILES string of the molecule is CC(C)(C)C(=O)COc1cc(C(N)=O)nn1-c1ccccc1F. The van der Waals surface area contributed by atoms with E-state index in [1.54, 1.807) is 26.8 Å². The summed E-state index contributed by atoms with van der Waals surface area (Å²) in [5, 5.41) is 3.95. The number of aromatic nitrogens is 2. The number of nitrogens with two attached hydrogens (primary N) is 1. The summed E-state index contributed by atoms with van der Waals surface area (Å²) >= 11 is 0. The fourth-order valence-electron chi connectivity index (χ4n) is 1.74. The molecule has 0 unspecified atom stereocenters. The molecule has 0 fully saturated rings. The molecule has 0 saturated carbocycles. The molecular formula is C16H18FN3O3. The lowest BCUT2D eigenvalue weighted by Gasteiger charge is -2.17. The number of primary amides is 1. The van der Waals surface area contributed by atoms with Crippen molar-refractivity contribution in [3.05, 3.63) is 41.8 Å². The van der Waals surface area contributed by atoms with Gasteiger partial charge >= 0.3 is 0 Å². The van der Waals surface area contributed by atoms with Crippen LogP contribution in [0, 0.1) is 11.2 Å². The van der Waals surface area contributed by atoms with Crippen molar-refractivity contribution in [2.75, 3.05) is 6.61 Å². The highest BCUT2D eigenvalue weighted by Crippen LogP contribution is 2.23. The number of nitrogens with zero attached hydrogens (tertiary/aromatic N) is 2. The summed E-state index contributed by atoms with van der Waals surface area (Å²) in [5.41, 5.74) is 4.65. The Morgan fingerprint density at radius 2 is 1.96 bits per heavy atom. The predicted octanol–water partition coefficient (Wildman–Crippen LogP) is 2.10. The Labute approximate surface area is 133 Å². The molecule has 1 aromatic heterocycles. The van der Waals surface area contributed by atoms with Gasteiger partial charge < -0.3 is 10.5 Å². The second-order valence-electron chi connectivity index (χ2n) is 6.06. The van der Waals surface area contributed by atoms with Crippen molar-refractivity contribution in [3.8, 4) is 11.6 Å². The molecule has 0 aliphatic carbocycles. The van der Waals surface area contributed by atoms with Gasteiger partial charge in [-0.15, -0.1) is 0 Å². The lowest BCUT2D eigenvalue weighted by molar-refractivity contribution is -0.128. The van der Waals surface area contributed by atoms with Crippen LogP contribution in [0.1, 0.15) is 31.3 Å². The van der Waals surface area contributed by atoms with E-state index in [9.17, 15) is 14.0 Å². The quantitative estimate of drug-likeness (QED) is 0.914. The molecule has 0 aliphatic heterocycles. The van der Waals surface area contributed by atoms with Gasteiger partial charge in [-0.3, -0.25) is 9.59 Å². The molecule has 1 heterocycles. The summed E-state index contributed by atoms with van der Waals surface area (Å²) in [6.07, 6.45) is 0. The van der Waals surface area contributed by atoms with E-state index in [0.29, 0.717) is 0 Å². The van der Waals surface area contributed by atoms with Gasteiger partial charge in [0.25, 0.3) is 5.91 Å². The van der Waals surface area contributed by atoms with E-state index in [1.807, 2.05) is 0 Å². The molecule has 23 heavy (non-hydrogen) atoms. The molecule has 0 saturated heterocycles. The van der Waals surface area contributed by atoms with Gasteiger partial charge in [-0.25, -0.2) is 4.39 Å². The highest BCUT2D eigenvalue weighted by molar-refractivity contribution is 5.91. The highest BCUT2D eigenvalue weighted by Gasteiger charge is 2.23. The summed E-state index contributed by atoms with van der Waals surface area (Å²) in [4.78, 5) is 23.3. The van der Waals surface area contributed by atoms with Crippen molar-refractivity contribution in [2.24, 2.45) is 11.1 Å². The van der Waals surface area contributed by atoms with Gasteiger partial charge in [-0.2, -0.15) is 9.78 Å². The maximum Gasteiger partial charge on any atom is 0.269 e. The Balaban J connectivity index is 2.37. The van der Waals surface area contributed by atoms with Crippen LogP contribution in [-0.2, 0) is 4.79 Å². The number of para-hydroxylation sites is 1. The second-order valence-corrected chi connectivity index (χ2v) is 6.06. The van der Waals surface area contributed by atoms with E-state index in [-0.39, 0.29) is 29.7 Å². The van der Waals surface area contributed by atoms with Gasteiger partial charge in [0.1, 0.15) is 18.1 Å². The van der Waals surface area contributed by atoms with Gasteiger partial charge in [-0.05, 0) is 12.1 Å². The predicted molar refractivity (Wildman–Crippen MR) is 82.0 cm³/mol. The minimum Gasteiger partial charge on any atom is -0.470 e. The number of ketones is 1. The van der Waals surface area contributed by atoms with Crippen LogP contribution in [-0.4, -0.2) is 28.1 Å². The molecule has 0 aliphatic rings. The van der Waals surface area contributed by atoms with E-state index in [4.69, 9.17) is 10.5 Å². The molecule has 122 valence electrons. The summed E-state index contributed by atoms with van der Waals surface area (Å²) in [6, 6.07) is 7.16. The summed E-state index contributed by atoms with van der Waals surface area (Å²) in [7, 11) is 0. The van der Waals surface area contributed by atoms with Crippen LogP contribution in [0.4, 0.5) is 4.39 Å². The minimum atomic E-state index is -0.771. The zero-order chi connectivity index (χ0) is 17.2. The number of carbonyl (C=O) groups excluding carboxylic acids is 2. The number of rotatable bonds is 5. The van der Waals surface area contributed by atoms with E-state index in [0.717, 1.165) is 4.68 Å². The first kappa shape index (κ1) is 16.7. The number of amides is 1. The van der Waals surface area contributed by atoms with Crippen LogP contribution in [0.15, 0.2) is 30.3 Å². The van der Waals surface area contributed by atoms with E-state index < -0.39 is 17.1 Å². The van der Waals surface area contributed by atoms with Crippen LogP contribution in [0.25, 0.3) is 5.69 Å². The number of hydrogen-bond acceptors (Lipinski definition) is 4. The average Bonchev–Trinajstić information content (AvgIpc) is 2.88. The van der Waals surface area contributed by atoms with Crippen molar-refractivity contribution in [1.82, 2.24) is 9.78 Å². The first-order valence-electron chi connectivity index (χ1n) is 7.01.